The van der Waals surface area contributed by atoms with Crippen molar-refractivity contribution in [2.75, 3.05) is 0 Å². The molecule has 0 radical (unpaired) electrons. The third kappa shape index (κ3) is 1.14. The summed E-state index contributed by atoms with van der Waals surface area (Å²) < 4.78 is 0. The van der Waals surface area contributed by atoms with E-state index in [0.29, 0.717) is 0 Å². The normalized spacial score (nSPS) is 10.8. The van der Waals surface area contributed by atoms with Gasteiger partial charge < -0.3 is 4.98 Å². The summed E-state index contributed by atoms with van der Waals surface area (Å²) in [7, 11) is 0. The molecule has 2 aromatic rings. The molecule has 2 nitrogen and oxygen atoms in total. The molecule has 62 valence electrons. The number of aryl methyl sites for hydroxylation is 1. The van der Waals surface area contributed by atoms with Gasteiger partial charge in [0.15, 0.2) is 0 Å². The summed E-state index contributed by atoms with van der Waals surface area (Å²) in [6, 6.07) is 6.16. The predicted octanol–water partition coefficient (Wildman–Crippen LogP) is 2.77. The zero-order valence-corrected chi connectivity index (χ0v) is 8.35. The first-order chi connectivity index (χ1) is 5.81. The Hall–Kier alpha value is -0.830. The zero-order valence-electron chi connectivity index (χ0n) is 6.76. The van der Waals surface area contributed by atoms with Gasteiger partial charge in [-0.25, -0.2) is 4.98 Å². The summed E-state index contributed by atoms with van der Waals surface area (Å²) >= 11 is 3.43. The maximum atomic E-state index is 4.40. The van der Waals surface area contributed by atoms with E-state index in [9.17, 15) is 0 Å². The molecule has 1 heterocycles. The Morgan fingerprint density at radius 2 is 2.33 bits per heavy atom. The van der Waals surface area contributed by atoms with Crippen LogP contribution in [0.1, 0.15) is 11.4 Å². The van der Waals surface area contributed by atoms with Gasteiger partial charge in [0.25, 0.3) is 0 Å². The van der Waals surface area contributed by atoms with Crippen molar-refractivity contribution in [2.24, 2.45) is 0 Å². The maximum Gasteiger partial charge on any atom is 0.104 e. The highest BCUT2D eigenvalue weighted by Crippen LogP contribution is 2.18. The monoisotopic (exact) mass is 224 g/mol. The van der Waals surface area contributed by atoms with E-state index in [1.54, 1.807) is 0 Å². The molecular formula is C9H9BrN2. The van der Waals surface area contributed by atoms with Crippen LogP contribution in [0.2, 0.25) is 0 Å². The number of nitrogens with one attached hydrogen (secondary N) is 1. The van der Waals surface area contributed by atoms with Gasteiger partial charge in [-0.2, -0.15) is 0 Å². The average Bonchev–Trinajstić information content (AvgIpc) is 2.44. The van der Waals surface area contributed by atoms with Gasteiger partial charge in [0.2, 0.25) is 0 Å². The van der Waals surface area contributed by atoms with Gasteiger partial charge in [-0.3, -0.25) is 0 Å². The Balaban J connectivity index is 2.78. The van der Waals surface area contributed by atoms with Crippen molar-refractivity contribution < 1.29 is 0 Å². The maximum absolute atomic E-state index is 4.40. The molecule has 0 saturated carbocycles. The number of H-pyrrole nitrogens is 1. The van der Waals surface area contributed by atoms with Crippen molar-refractivity contribution in [1.82, 2.24) is 9.97 Å². The lowest BCUT2D eigenvalue weighted by Crippen LogP contribution is -1.79. The third-order valence-electron chi connectivity index (χ3n) is 1.86. The van der Waals surface area contributed by atoms with Crippen molar-refractivity contribution >= 4 is 27.0 Å². The Kier molecular flexibility index (Phi) is 1.89. The number of nitrogens with zero attached hydrogens (tertiary/aromatic N) is 1. The first kappa shape index (κ1) is 7.80. The first-order valence-electron chi connectivity index (χ1n) is 3.81. The molecule has 12 heavy (non-hydrogen) atoms. The average molecular weight is 225 g/mol. The minimum absolute atomic E-state index is 0.856. The number of hydrogen-bond acceptors (Lipinski definition) is 1. The van der Waals surface area contributed by atoms with Gasteiger partial charge >= 0.3 is 0 Å². The standard InChI is InChI=1S/C9H9BrN2/c1-6-11-8-4-2-3-7(5-10)9(8)12-6/h2-4H,5H2,1H3,(H,11,12). The highest BCUT2D eigenvalue weighted by atomic mass is 79.9. The quantitative estimate of drug-likeness (QED) is 0.742. The van der Waals surface area contributed by atoms with E-state index in [2.05, 4.69) is 32.0 Å². The molecule has 0 unspecified atom stereocenters. The molecule has 0 spiro atoms. The highest BCUT2D eigenvalue weighted by Gasteiger charge is 2.02. The number of imidazole rings is 1. The number of benzene rings is 1. The molecule has 1 N–H and O–H groups in total. The van der Waals surface area contributed by atoms with E-state index >= 15 is 0 Å². The molecule has 0 aliphatic carbocycles. The molecule has 0 aliphatic rings. The summed E-state index contributed by atoms with van der Waals surface area (Å²) in [4.78, 5) is 7.60. The second kappa shape index (κ2) is 2.90. The van der Waals surface area contributed by atoms with E-state index in [1.165, 1.54) is 5.56 Å². The van der Waals surface area contributed by atoms with Gasteiger partial charge in [-0.15, -0.1) is 0 Å². The summed E-state index contributed by atoms with van der Waals surface area (Å²) in [5.41, 5.74) is 3.42. The fourth-order valence-corrected chi connectivity index (χ4v) is 1.78. The second-order valence-electron chi connectivity index (χ2n) is 2.77. The lowest BCUT2D eigenvalue weighted by atomic mass is 10.2. The molecule has 1 aromatic carbocycles. The number of fused-ring (bicyclic) bond motifs is 1. The smallest absolute Gasteiger partial charge is 0.104 e. The van der Waals surface area contributed by atoms with Gasteiger partial charge in [0.1, 0.15) is 5.82 Å². The SMILES string of the molecule is Cc1nc2c(CBr)cccc2[nH]1. The number of halogens is 1. The Morgan fingerprint density at radius 1 is 1.50 bits per heavy atom. The van der Waals surface area contributed by atoms with Gasteiger partial charge in [0.05, 0.1) is 11.0 Å². The number of para-hydroxylation sites is 1. The molecule has 1 aromatic heterocycles. The fraction of sp³-hybridized carbons (Fsp3) is 0.222. The summed E-state index contributed by atoms with van der Waals surface area (Å²) in [6.07, 6.45) is 0. The van der Waals surface area contributed by atoms with E-state index in [1.807, 2.05) is 19.1 Å². The second-order valence-corrected chi connectivity index (χ2v) is 3.33. The van der Waals surface area contributed by atoms with Crippen LogP contribution in [-0.4, -0.2) is 9.97 Å². The minimum atomic E-state index is 0.856. The topological polar surface area (TPSA) is 28.7 Å². The van der Waals surface area contributed by atoms with Gasteiger partial charge in [-0.1, -0.05) is 28.1 Å². The van der Waals surface area contributed by atoms with E-state index < -0.39 is 0 Å². The van der Waals surface area contributed by atoms with Crippen LogP contribution in [0.5, 0.6) is 0 Å². The lowest BCUT2D eigenvalue weighted by molar-refractivity contribution is 1.17. The third-order valence-corrected chi connectivity index (χ3v) is 2.46. The molecule has 0 fully saturated rings. The van der Waals surface area contributed by atoms with Gasteiger partial charge in [0, 0.05) is 5.33 Å². The molecule has 0 aliphatic heterocycles. The zero-order chi connectivity index (χ0) is 8.55. The van der Waals surface area contributed by atoms with E-state index in [-0.39, 0.29) is 0 Å². The number of alkyl halides is 1. The van der Waals surface area contributed by atoms with Crippen LogP contribution in [0.15, 0.2) is 18.2 Å². The first-order valence-corrected chi connectivity index (χ1v) is 4.93. The molecule has 0 saturated heterocycles. The van der Waals surface area contributed by atoms with E-state index in [0.717, 1.165) is 22.2 Å². The van der Waals surface area contributed by atoms with Crippen LogP contribution < -0.4 is 0 Å². The van der Waals surface area contributed by atoms with Crippen LogP contribution in [0.4, 0.5) is 0 Å². The van der Waals surface area contributed by atoms with Crippen molar-refractivity contribution in [2.45, 2.75) is 12.3 Å². The number of aromatic amines is 1. The number of aromatic nitrogens is 2. The molecule has 0 amide bonds. The van der Waals surface area contributed by atoms with Crippen LogP contribution in [0.3, 0.4) is 0 Å². The Morgan fingerprint density at radius 3 is 3.08 bits per heavy atom. The Bertz CT molecular complexity index is 406. The summed E-state index contributed by atoms with van der Waals surface area (Å²) in [6.45, 7) is 1.97. The predicted molar refractivity (Wildman–Crippen MR) is 53.5 cm³/mol. The summed E-state index contributed by atoms with van der Waals surface area (Å²) in [5, 5.41) is 0.856. The molecule has 0 bridgehead atoms. The minimum Gasteiger partial charge on any atom is -0.342 e. The molecule has 3 heteroatoms. The summed E-state index contributed by atoms with van der Waals surface area (Å²) in [5.74, 6) is 0.971. The van der Waals surface area contributed by atoms with Crippen LogP contribution >= 0.6 is 15.9 Å². The molecule has 2 rings (SSSR count). The fourth-order valence-electron chi connectivity index (χ4n) is 1.32. The van der Waals surface area contributed by atoms with Crippen LogP contribution in [0.25, 0.3) is 11.0 Å². The molecule has 0 atom stereocenters. The number of hydrogen-bond donors (Lipinski definition) is 1. The number of rotatable bonds is 1. The Labute approximate surface area is 79.1 Å². The molecular weight excluding hydrogens is 216 g/mol. The van der Waals surface area contributed by atoms with E-state index in [4.69, 9.17) is 0 Å². The van der Waals surface area contributed by atoms with Crippen molar-refractivity contribution in [3.8, 4) is 0 Å². The van der Waals surface area contributed by atoms with Crippen molar-refractivity contribution in [1.29, 1.82) is 0 Å². The van der Waals surface area contributed by atoms with Crippen molar-refractivity contribution in [3.63, 3.8) is 0 Å². The lowest BCUT2D eigenvalue weighted by Gasteiger charge is -1.94. The van der Waals surface area contributed by atoms with Crippen molar-refractivity contribution in [3.05, 3.63) is 29.6 Å². The van der Waals surface area contributed by atoms with Crippen LogP contribution in [0, 0.1) is 6.92 Å². The van der Waals surface area contributed by atoms with Gasteiger partial charge in [-0.05, 0) is 18.6 Å². The largest absolute Gasteiger partial charge is 0.342 e. The van der Waals surface area contributed by atoms with Crippen LogP contribution in [-0.2, 0) is 5.33 Å². The highest BCUT2D eigenvalue weighted by molar-refractivity contribution is 9.08.